The molecular weight excluding hydrogens is 249 g/mol. The molecule has 0 radical (unpaired) electrons. The maximum absolute atomic E-state index is 13.6. The van der Waals surface area contributed by atoms with Crippen LogP contribution in [0.15, 0.2) is 18.2 Å². The Bertz CT molecular complexity index is 476. The summed E-state index contributed by atoms with van der Waals surface area (Å²) in [5, 5.41) is 12.3. The predicted octanol–water partition coefficient (Wildman–Crippen LogP) is 2.91. The average molecular weight is 267 g/mol. The van der Waals surface area contributed by atoms with E-state index in [4.69, 9.17) is 4.74 Å². The first kappa shape index (κ1) is 13.6. The van der Waals surface area contributed by atoms with Crippen molar-refractivity contribution >= 4 is 6.09 Å². The molecule has 0 spiro atoms. The molecule has 1 aromatic rings. The second-order valence-corrected chi connectivity index (χ2v) is 5.77. The van der Waals surface area contributed by atoms with E-state index in [1.165, 1.54) is 18.2 Å². The summed E-state index contributed by atoms with van der Waals surface area (Å²) in [4.78, 5) is 11.6. The van der Waals surface area contributed by atoms with Gasteiger partial charge in [0.25, 0.3) is 0 Å². The van der Waals surface area contributed by atoms with Crippen molar-refractivity contribution in [3.8, 4) is 5.75 Å². The van der Waals surface area contributed by atoms with Gasteiger partial charge < -0.3 is 15.2 Å². The Kier molecular flexibility index (Phi) is 3.39. The van der Waals surface area contributed by atoms with Crippen LogP contribution < -0.4 is 5.32 Å². The van der Waals surface area contributed by atoms with Gasteiger partial charge in [0, 0.05) is 17.5 Å². The fourth-order valence-electron chi connectivity index (χ4n) is 2.03. The van der Waals surface area contributed by atoms with Crippen molar-refractivity contribution in [1.29, 1.82) is 0 Å². The first-order chi connectivity index (χ1) is 8.78. The molecule has 0 aromatic heterocycles. The quantitative estimate of drug-likeness (QED) is 0.866. The van der Waals surface area contributed by atoms with Gasteiger partial charge in [0.05, 0.1) is 0 Å². The van der Waals surface area contributed by atoms with Crippen LogP contribution in [0.4, 0.5) is 9.18 Å². The Balaban J connectivity index is 1.97. The number of alkyl carbamates (subject to hydrolysis) is 1. The molecule has 2 atom stereocenters. The zero-order valence-corrected chi connectivity index (χ0v) is 11.2. The van der Waals surface area contributed by atoms with Crippen LogP contribution in [-0.4, -0.2) is 22.8 Å². The number of phenolic OH excluding ortho intramolecular Hbond substituents is 1. The van der Waals surface area contributed by atoms with E-state index in [1.807, 2.05) is 0 Å². The molecule has 1 saturated carbocycles. The molecule has 2 unspecified atom stereocenters. The molecule has 4 nitrogen and oxygen atoms in total. The highest BCUT2D eigenvalue weighted by Gasteiger charge is 2.43. The molecule has 1 aliphatic carbocycles. The van der Waals surface area contributed by atoms with E-state index in [-0.39, 0.29) is 23.3 Å². The zero-order chi connectivity index (χ0) is 14.2. The third-order valence-corrected chi connectivity index (χ3v) is 2.89. The van der Waals surface area contributed by atoms with E-state index in [0.29, 0.717) is 6.42 Å². The van der Waals surface area contributed by atoms with Gasteiger partial charge in [-0.3, -0.25) is 0 Å². The minimum atomic E-state index is -0.561. The van der Waals surface area contributed by atoms with E-state index in [1.54, 1.807) is 20.8 Å². The van der Waals surface area contributed by atoms with Gasteiger partial charge in [-0.25, -0.2) is 9.18 Å². The second kappa shape index (κ2) is 4.72. The van der Waals surface area contributed by atoms with Crippen LogP contribution in [0.2, 0.25) is 0 Å². The predicted molar refractivity (Wildman–Crippen MR) is 68.6 cm³/mol. The van der Waals surface area contributed by atoms with Crippen molar-refractivity contribution in [1.82, 2.24) is 5.32 Å². The van der Waals surface area contributed by atoms with Gasteiger partial charge in [0.1, 0.15) is 17.2 Å². The number of hydrogen-bond donors (Lipinski definition) is 2. The fraction of sp³-hybridized carbons (Fsp3) is 0.500. The summed E-state index contributed by atoms with van der Waals surface area (Å²) in [6, 6.07) is 4.02. The molecule has 0 bridgehead atoms. The minimum absolute atomic E-state index is 0.0708. The number of hydrogen-bond acceptors (Lipinski definition) is 3. The Morgan fingerprint density at radius 1 is 1.47 bits per heavy atom. The van der Waals surface area contributed by atoms with Crippen molar-refractivity contribution in [3.05, 3.63) is 29.6 Å². The van der Waals surface area contributed by atoms with Gasteiger partial charge in [0.15, 0.2) is 0 Å². The van der Waals surface area contributed by atoms with E-state index >= 15 is 0 Å². The summed E-state index contributed by atoms with van der Waals surface area (Å²) in [5.74, 6) is -0.703. The Hall–Kier alpha value is -1.78. The lowest BCUT2D eigenvalue weighted by molar-refractivity contribution is 0.0522. The van der Waals surface area contributed by atoms with Gasteiger partial charge in [-0.1, -0.05) is 6.07 Å². The molecule has 1 aliphatic rings. The summed E-state index contributed by atoms with van der Waals surface area (Å²) in [7, 11) is 0. The SMILES string of the molecule is CC(C)(C)OC(=O)NC1CC1c1c(O)cccc1F. The zero-order valence-electron chi connectivity index (χ0n) is 11.2. The number of benzene rings is 1. The lowest BCUT2D eigenvalue weighted by Gasteiger charge is -2.19. The molecule has 104 valence electrons. The Morgan fingerprint density at radius 3 is 2.74 bits per heavy atom. The number of rotatable bonds is 2. The molecule has 0 saturated heterocycles. The molecular formula is C14H18FNO3. The maximum atomic E-state index is 13.6. The van der Waals surface area contributed by atoms with Crippen LogP contribution in [0.1, 0.15) is 38.7 Å². The van der Waals surface area contributed by atoms with Gasteiger partial charge in [0.2, 0.25) is 0 Å². The number of phenols is 1. The third-order valence-electron chi connectivity index (χ3n) is 2.89. The lowest BCUT2D eigenvalue weighted by atomic mass is 10.1. The maximum Gasteiger partial charge on any atom is 0.407 e. The van der Waals surface area contributed by atoms with Gasteiger partial charge in [-0.05, 0) is 39.3 Å². The molecule has 19 heavy (non-hydrogen) atoms. The topological polar surface area (TPSA) is 58.6 Å². The molecule has 0 heterocycles. The smallest absolute Gasteiger partial charge is 0.407 e. The van der Waals surface area contributed by atoms with Crippen LogP contribution >= 0.6 is 0 Å². The number of amides is 1. The van der Waals surface area contributed by atoms with E-state index in [2.05, 4.69) is 5.32 Å². The molecule has 2 N–H and O–H groups in total. The highest BCUT2D eigenvalue weighted by atomic mass is 19.1. The molecule has 5 heteroatoms. The van der Waals surface area contributed by atoms with Crippen molar-refractivity contribution in [2.45, 2.75) is 44.8 Å². The van der Waals surface area contributed by atoms with Crippen LogP contribution in [0.25, 0.3) is 0 Å². The van der Waals surface area contributed by atoms with Crippen molar-refractivity contribution in [2.24, 2.45) is 0 Å². The lowest BCUT2D eigenvalue weighted by Crippen LogP contribution is -2.34. The first-order valence-electron chi connectivity index (χ1n) is 6.25. The standard InChI is InChI=1S/C14H18FNO3/c1-14(2,3)19-13(18)16-10-7-8(10)12-9(15)5-4-6-11(12)17/h4-6,8,10,17H,7H2,1-3H3,(H,16,18). The number of ether oxygens (including phenoxy) is 1. The summed E-state index contributed by atoms with van der Waals surface area (Å²) < 4.78 is 18.7. The van der Waals surface area contributed by atoms with E-state index in [0.717, 1.165) is 0 Å². The van der Waals surface area contributed by atoms with Crippen LogP contribution in [0.3, 0.4) is 0 Å². The monoisotopic (exact) mass is 267 g/mol. The summed E-state index contributed by atoms with van der Waals surface area (Å²) >= 11 is 0. The van der Waals surface area contributed by atoms with Gasteiger partial charge in [-0.15, -0.1) is 0 Å². The average Bonchev–Trinajstić information content (AvgIpc) is 2.93. The summed E-state index contributed by atoms with van der Waals surface area (Å²) in [6.45, 7) is 5.33. The normalized spacial score (nSPS) is 21.9. The fourth-order valence-corrected chi connectivity index (χ4v) is 2.03. The van der Waals surface area contributed by atoms with Gasteiger partial charge in [-0.2, -0.15) is 0 Å². The number of carbonyl (C=O) groups excluding carboxylic acids is 1. The van der Waals surface area contributed by atoms with Gasteiger partial charge >= 0.3 is 6.09 Å². The largest absolute Gasteiger partial charge is 0.508 e. The van der Waals surface area contributed by atoms with Crippen LogP contribution in [0.5, 0.6) is 5.75 Å². The van der Waals surface area contributed by atoms with Crippen LogP contribution in [-0.2, 0) is 4.74 Å². The van der Waals surface area contributed by atoms with Crippen molar-refractivity contribution in [3.63, 3.8) is 0 Å². The third kappa shape index (κ3) is 3.36. The Labute approximate surface area is 111 Å². The molecule has 1 fully saturated rings. The molecule has 1 amide bonds. The summed E-state index contributed by atoms with van der Waals surface area (Å²) in [6.07, 6.45) is 0.0871. The number of nitrogens with one attached hydrogen (secondary N) is 1. The van der Waals surface area contributed by atoms with Crippen molar-refractivity contribution < 1.29 is 19.0 Å². The first-order valence-corrected chi connectivity index (χ1v) is 6.25. The second-order valence-electron chi connectivity index (χ2n) is 5.77. The summed E-state index contributed by atoms with van der Waals surface area (Å²) in [5.41, 5.74) is -0.294. The number of halogens is 1. The molecule has 2 rings (SSSR count). The van der Waals surface area contributed by atoms with E-state index < -0.39 is 17.5 Å². The van der Waals surface area contributed by atoms with E-state index in [9.17, 15) is 14.3 Å². The number of aromatic hydroxyl groups is 1. The highest BCUT2D eigenvalue weighted by molar-refractivity contribution is 5.69. The molecule has 0 aliphatic heterocycles. The van der Waals surface area contributed by atoms with Crippen molar-refractivity contribution in [2.75, 3.05) is 0 Å². The Morgan fingerprint density at radius 2 is 2.16 bits per heavy atom. The van der Waals surface area contributed by atoms with Crippen LogP contribution in [0, 0.1) is 5.82 Å². The highest BCUT2D eigenvalue weighted by Crippen LogP contribution is 2.45. The molecule has 1 aromatic carbocycles. The minimum Gasteiger partial charge on any atom is -0.508 e. The number of carbonyl (C=O) groups is 1.